The van der Waals surface area contributed by atoms with E-state index in [0.29, 0.717) is 45.2 Å². The Labute approximate surface area is 223 Å². The molecule has 0 spiro atoms. The molecule has 0 fully saturated rings. The summed E-state index contributed by atoms with van der Waals surface area (Å²) < 4.78 is 48.9. The molecule has 4 rings (SSSR count). The van der Waals surface area contributed by atoms with Gasteiger partial charge >= 0.3 is 6.18 Å². The number of hydrogen-bond acceptors (Lipinski definition) is 8. The molecule has 1 amide bonds. The summed E-state index contributed by atoms with van der Waals surface area (Å²) in [6.45, 7) is -0.828. The minimum Gasteiger partial charge on any atom is -0.497 e. The van der Waals surface area contributed by atoms with Crippen LogP contribution in [0.5, 0.6) is 11.5 Å². The van der Waals surface area contributed by atoms with Crippen molar-refractivity contribution in [3.63, 3.8) is 0 Å². The summed E-state index contributed by atoms with van der Waals surface area (Å²) >= 11 is 0. The van der Waals surface area contributed by atoms with Crippen LogP contribution < -0.4 is 25.0 Å². The maximum absolute atomic E-state index is 12.7. The summed E-state index contributed by atoms with van der Waals surface area (Å²) in [7, 11) is 4.57. The molecule has 204 valence electrons. The number of carbonyl (C=O) groups excluding carboxylic acids is 1. The van der Waals surface area contributed by atoms with Crippen molar-refractivity contribution in [1.82, 2.24) is 25.6 Å². The number of rotatable bonds is 10. The van der Waals surface area contributed by atoms with Crippen LogP contribution >= 0.6 is 0 Å². The smallest absolute Gasteiger partial charge is 0.401 e. The number of pyridine rings is 1. The first kappa shape index (κ1) is 27.6. The average molecular weight is 541 g/mol. The minimum atomic E-state index is -4.32. The van der Waals surface area contributed by atoms with Crippen LogP contribution in [0.3, 0.4) is 0 Å². The number of halogens is 3. The van der Waals surface area contributed by atoms with E-state index in [1.54, 1.807) is 42.6 Å². The van der Waals surface area contributed by atoms with E-state index < -0.39 is 12.7 Å². The number of nitrogens with one attached hydrogen (secondary N) is 2. The third kappa shape index (κ3) is 6.90. The molecular formula is C27H27F3N6O3. The SMILES string of the molecule is CNC(=O)c1cc(-c2cnc3ccc(N(CCNCC(F)(F)F)c4cc(OC)cc(OC)c4)cc3n2)ccn1. The number of alkyl halides is 3. The molecule has 0 saturated carbocycles. The third-order valence-electron chi connectivity index (χ3n) is 5.84. The highest BCUT2D eigenvalue weighted by Crippen LogP contribution is 2.34. The summed E-state index contributed by atoms with van der Waals surface area (Å²) in [6.07, 6.45) is -1.19. The van der Waals surface area contributed by atoms with E-state index in [2.05, 4.69) is 20.6 Å². The number of benzene rings is 2. The molecule has 9 nitrogen and oxygen atoms in total. The Bertz CT molecular complexity index is 1440. The second-order valence-electron chi connectivity index (χ2n) is 8.45. The van der Waals surface area contributed by atoms with Gasteiger partial charge in [0, 0.05) is 61.5 Å². The second kappa shape index (κ2) is 11.9. The van der Waals surface area contributed by atoms with Crippen molar-refractivity contribution >= 4 is 28.3 Å². The lowest BCUT2D eigenvalue weighted by atomic mass is 10.1. The Hall–Kier alpha value is -4.45. The average Bonchev–Trinajstić information content (AvgIpc) is 2.95. The van der Waals surface area contributed by atoms with Gasteiger partial charge in [-0.2, -0.15) is 13.2 Å². The molecule has 0 saturated heterocycles. The van der Waals surface area contributed by atoms with Crippen LogP contribution in [0.15, 0.2) is 60.9 Å². The van der Waals surface area contributed by atoms with Crippen molar-refractivity contribution in [1.29, 1.82) is 0 Å². The van der Waals surface area contributed by atoms with Gasteiger partial charge in [-0.15, -0.1) is 0 Å². The molecule has 12 heteroatoms. The highest BCUT2D eigenvalue weighted by molar-refractivity contribution is 5.93. The van der Waals surface area contributed by atoms with Gasteiger partial charge in [0.1, 0.15) is 17.2 Å². The fourth-order valence-corrected chi connectivity index (χ4v) is 3.93. The van der Waals surface area contributed by atoms with Crippen molar-refractivity contribution < 1.29 is 27.4 Å². The largest absolute Gasteiger partial charge is 0.497 e. The fraction of sp³-hybridized carbons (Fsp3) is 0.259. The molecule has 39 heavy (non-hydrogen) atoms. The predicted octanol–water partition coefficient (Wildman–Crippen LogP) is 4.36. The Morgan fingerprint density at radius 1 is 0.949 bits per heavy atom. The van der Waals surface area contributed by atoms with Gasteiger partial charge in [-0.25, -0.2) is 4.98 Å². The van der Waals surface area contributed by atoms with Crippen molar-refractivity contribution in [2.75, 3.05) is 45.8 Å². The van der Waals surface area contributed by atoms with Crippen molar-refractivity contribution in [2.45, 2.75) is 6.18 Å². The van der Waals surface area contributed by atoms with Crippen molar-refractivity contribution in [3.8, 4) is 22.8 Å². The lowest BCUT2D eigenvalue weighted by Gasteiger charge is -2.26. The van der Waals surface area contributed by atoms with Gasteiger partial charge < -0.3 is 25.0 Å². The van der Waals surface area contributed by atoms with Crippen LogP contribution in [0.4, 0.5) is 24.5 Å². The Balaban J connectivity index is 1.73. The van der Waals surface area contributed by atoms with E-state index in [1.807, 2.05) is 17.0 Å². The molecule has 2 aromatic carbocycles. The molecule has 0 aliphatic heterocycles. The van der Waals surface area contributed by atoms with Crippen LogP contribution in [0.2, 0.25) is 0 Å². The van der Waals surface area contributed by atoms with Crippen LogP contribution in [-0.4, -0.2) is 67.9 Å². The first-order valence-corrected chi connectivity index (χ1v) is 11.9. The molecular weight excluding hydrogens is 513 g/mol. The fourth-order valence-electron chi connectivity index (χ4n) is 3.93. The van der Waals surface area contributed by atoms with Gasteiger partial charge in [0.25, 0.3) is 5.91 Å². The first-order valence-electron chi connectivity index (χ1n) is 11.9. The molecule has 0 bridgehead atoms. The topological polar surface area (TPSA) is 102 Å². The number of anilines is 2. The van der Waals surface area contributed by atoms with Crippen LogP contribution in [0, 0.1) is 0 Å². The summed E-state index contributed by atoms with van der Waals surface area (Å²) in [5.41, 5.74) is 3.97. The number of hydrogen-bond donors (Lipinski definition) is 2. The molecule has 2 aromatic heterocycles. The number of nitrogens with zero attached hydrogens (tertiary/aromatic N) is 4. The van der Waals surface area contributed by atoms with E-state index in [0.717, 1.165) is 0 Å². The molecule has 0 atom stereocenters. The standard InChI is InChI=1S/C27H27F3N6O3/c1-31-26(37)24-10-17(6-7-33-24)25-15-34-22-5-4-18(13-23(22)35-25)36(9-8-32-16-27(28,29)30)19-11-20(38-2)14-21(12-19)39-3/h4-7,10-15,32H,8-9,16H2,1-3H3,(H,31,37). The Morgan fingerprint density at radius 2 is 1.69 bits per heavy atom. The van der Waals surface area contributed by atoms with Gasteiger partial charge in [0.15, 0.2) is 0 Å². The summed E-state index contributed by atoms with van der Waals surface area (Å²) in [5.74, 6) is 0.742. The van der Waals surface area contributed by atoms with Gasteiger partial charge in [-0.05, 0) is 30.3 Å². The first-order chi connectivity index (χ1) is 18.7. The molecule has 0 unspecified atom stereocenters. The quantitative estimate of drug-likeness (QED) is 0.286. The Kier molecular flexibility index (Phi) is 8.45. The van der Waals surface area contributed by atoms with E-state index in [9.17, 15) is 18.0 Å². The Morgan fingerprint density at radius 3 is 2.36 bits per heavy atom. The second-order valence-corrected chi connectivity index (χ2v) is 8.45. The highest BCUT2D eigenvalue weighted by atomic mass is 19.4. The normalized spacial score (nSPS) is 11.3. The zero-order valence-corrected chi connectivity index (χ0v) is 21.5. The molecule has 0 radical (unpaired) electrons. The number of ether oxygens (including phenoxy) is 2. The number of aromatic nitrogens is 3. The number of carbonyl (C=O) groups is 1. The van der Waals surface area contributed by atoms with Gasteiger partial charge in [-0.1, -0.05) is 0 Å². The molecule has 4 aromatic rings. The lowest BCUT2D eigenvalue weighted by Crippen LogP contribution is -2.34. The molecule has 0 aliphatic carbocycles. The van der Waals surface area contributed by atoms with Crippen LogP contribution in [0.25, 0.3) is 22.3 Å². The van der Waals surface area contributed by atoms with E-state index >= 15 is 0 Å². The monoisotopic (exact) mass is 540 g/mol. The van der Waals surface area contributed by atoms with Gasteiger partial charge in [0.2, 0.25) is 0 Å². The highest BCUT2D eigenvalue weighted by Gasteiger charge is 2.26. The summed E-state index contributed by atoms with van der Waals surface area (Å²) in [5, 5.41) is 4.99. The molecule has 2 N–H and O–H groups in total. The third-order valence-corrected chi connectivity index (χ3v) is 5.84. The summed E-state index contributed by atoms with van der Waals surface area (Å²) in [4.78, 5) is 27.2. The molecule has 0 aliphatic rings. The lowest BCUT2D eigenvalue weighted by molar-refractivity contribution is -0.124. The predicted molar refractivity (Wildman–Crippen MR) is 142 cm³/mol. The van der Waals surface area contributed by atoms with E-state index in [1.165, 1.54) is 27.5 Å². The maximum atomic E-state index is 12.7. The van der Waals surface area contributed by atoms with E-state index in [4.69, 9.17) is 14.5 Å². The molecule has 2 heterocycles. The maximum Gasteiger partial charge on any atom is 0.401 e. The number of fused-ring (bicyclic) bond motifs is 1. The van der Waals surface area contributed by atoms with Crippen LogP contribution in [0.1, 0.15) is 10.5 Å². The van der Waals surface area contributed by atoms with Crippen LogP contribution in [-0.2, 0) is 0 Å². The zero-order valence-electron chi connectivity index (χ0n) is 21.5. The minimum absolute atomic E-state index is 0.0576. The van der Waals surface area contributed by atoms with Crippen molar-refractivity contribution in [3.05, 3.63) is 66.6 Å². The van der Waals surface area contributed by atoms with Gasteiger partial charge in [-0.3, -0.25) is 14.8 Å². The number of methoxy groups -OCH3 is 2. The summed E-state index contributed by atoms with van der Waals surface area (Å²) in [6, 6.07) is 14.0. The van der Waals surface area contributed by atoms with Gasteiger partial charge in [0.05, 0.1) is 43.7 Å². The van der Waals surface area contributed by atoms with Crippen molar-refractivity contribution in [2.24, 2.45) is 0 Å². The number of amides is 1. The van der Waals surface area contributed by atoms with E-state index in [-0.39, 0.29) is 24.7 Å². The zero-order chi connectivity index (χ0) is 28.0.